The van der Waals surface area contributed by atoms with E-state index in [0.717, 1.165) is 5.56 Å². The Morgan fingerprint density at radius 3 is 2.14 bits per heavy atom. The van der Waals surface area contributed by atoms with Gasteiger partial charge in [-0.2, -0.15) is 0 Å². The topological polar surface area (TPSA) is 110 Å². The number of rotatable bonds is 4. The Morgan fingerprint density at radius 2 is 1.71 bits per heavy atom. The Bertz CT molecular complexity index is 483. The zero-order valence-corrected chi connectivity index (χ0v) is 13.3. The molecule has 0 aliphatic heterocycles. The zero-order chi connectivity index (χ0) is 15.3. The first-order valence-electron chi connectivity index (χ1n) is 6.39. The van der Waals surface area contributed by atoms with E-state index in [4.69, 9.17) is 11.5 Å². The number of hydrogen-bond acceptors (Lipinski definition) is 3. The van der Waals surface area contributed by atoms with Crippen LogP contribution in [0.2, 0.25) is 0 Å². The van der Waals surface area contributed by atoms with Crippen LogP contribution in [0.4, 0.5) is 10.5 Å². The van der Waals surface area contributed by atoms with E-state index in [2.05, 4.69) is 10.6 Å². The highest BCUT2D eigenvalue weighted by Crippen LogP contribution is 2.19. The average Bonchev–Trinajstić information content (AvgIpc) is 2.35. The Morgan fingerprint density at radius 1 is 1.19 bits per heavy atom. The van der Waals surface area contributed by atoms with Crippen LogP contribution in [-0.4, -0.2) is 18.0 Å². The molecule has 1 rings (SSSR count). The number of nitrogens with one attached hydrogen (secondary N) is 2. The molecule has 0 aromatic heterocycles. The van der Waals surface area contributed by atoms with Crippen LogP contribution in [0.1, 0.15) is 26.3 Å². The summed E-state index contributed by atoms with van der Waals surface area (Å²) in [5, 5.41) is 5.26. The van der Waals surface area contributed by atoms with E-state index >= 15 is 0 Å². The van der Waals surface area contributed by atoms with Gasteiger partial charge in [-0.25, -0.2) is 4.79 Å². The number of anilines is 1. The lowest BCUT2D eigenvalue weighted by Crippen LogP contribution is -2.45. The SMILES string of the molecule is CC(C)(C)[C@H](N)C(=O)Nc1ccc(CNC(N)=O)cc1.Cl. The summed E-state index contributed by atoms with van der Waals surface area (Å²) in [6.07, 6.45) is 0. The van der Waals surface area contributed by atoms with Gasteiger partial charge in [0, 0.05) is 12.2 Å². The van der Waals surface area contributed by atoms with Crippen LogP contribution in [0.25, 0.3) is 0 Å². The van der Waals surface area contributed by atoms with Crippen LogP contribution in [0.5, 0.6) is 0 Å². The van der Waals surface area contributed by atoms with Crippen molar-refractivity contribution in [1.29, 1.82) is 0 Å². The summed E-state index contributed by atoms with van der Waals surface area (Å²) < 4.78 is 0. The van der Waals surface area contributed by atoms with Gasteiger partial charge >= 0.3 is 6.03 Å². The second-order valence-corrected chi connectivity index (χ2v) is 5.75. The molecule has 0 bridgehead atoms. The molecule has 0 saturated carbocycles. The normalized spacial score (nSPS) is 12.0. The zero-order valence-electron chi connectivity index (χ0n) is 12.5. The van der Waals surface area contributed by atoms with Gasteiger partial charge in [0.1, 0.15) is 0 Å². The molecule has 6 nitrogen and oxygen atoms in total. The van der Waals surface area contributed by atoms with Gasteiger partial charge in [-0.3, -0.25) is 4.79 Å². The van der Waals surface area contributed by atoms with Crippen molar-refractivity contribution in [2.45, 2.75) is 33.4 Å². The van der Waals surface area contributed by atoms with Crippen LogP contribution < -0.4 is 22.1 Å². The van der Waals surface area contributed by atoms with Crippen molar-refractivity contribution < 1.29 is 9.59 Å². The van der Waals surface area contributed by atoms with E-state index in [9.17, 15) is 9.59 Å². The standard InChI is InChI=1S/C14H22N4O2.ClH/c1-14(2,3)11(15)12(19)18-10-6-4-9(5-7-10)8-17-13(16)20;/h4-7,11H,8,15H2,1-3H3,(H,18,19)(H3,16,17,20);1H/t11-;/m1./s1. The Labute approximate surface area is 131 Å². The van der Waals surface area contributed by atoms with Crippen molar-refractivity contribution in [1.82, 2.24) is 5.32 Å². The number of urea groups is 1. The maximum absolute atomic E-state index is 11.9. The number of halogens is 1. The van der Waals surface area contributed by atoms with Crippen LogP contribution in [0.3, 0.4) is 0 Å². The minimum absolute atomic E-state index is 0. The summed E-state index contributed by atoms with van der Waals surface area (Å²) in [6.45, 7) is 6.09. The Balaban J connectivity index is 0.00000400. The minimum atomic E-state index is -0.585. The largest absolute Gasteiger partial charge is 0.352 e. The number of benzene rings is 1. The van der Waals surface area contributed by atoms with Gasteiger partial charge < -0.3 is 22.1 Å². The van der Waals surface area contributed by atoms with Crippen LogP contribution in [0.15, 0.2) is 24.3 Å². The molecule has 1 aromatic rings. The smallest absolute Gasteiger partial charge is 0.312 e. The fourth-order valence-corrected chi connectivity index (χ4v) is 1.51. The second-order valence-electron chi connectivity index (χ2n) is 5.75. The summed E-state index contributed by atoms with van der Waals surface area (Å²) in [6, 6.07) is 5.95. The van der Waals surface area contributed by atoms with Crippen molar-refractivity contribution in [3.8, 4) is 0 Å². The number of amides is 3. The Hall–Kier alpha value is -1.79. The van der Waals surface area contributed by atoms with Gasteiger partial charge in [-0.1, -0.05) is 32.9 Å². The maximum atomic E-state index is 11.9. The molecule has 0 unspecified atom stereocenters. The highest BCUT2D eigenvalue weighted by Gasteiger charge is 2.27. The van der Waals surface area contributed by atoms with Crippen LogP contribution in [-0.2, 0) is 11.3 Å². The number of primary amides is 1. The first-order chi connectivity index (χ1) is 9.20. The molecule has 0 fully saturated rings. The molecule has 118 valence electrons. The fourth-order valence-electron chi connectivity index (χ4n) is 1.51. The summed E-state index contributed by atoms with van der Waals surface area (Å²) in [5.74, 6) is -0.222. The third kappa shape index (κ3) is 6.46. The van der Waals surface area contributed by atoms with Crippen molar-refractivity contribution in [2.75, 3.05) is 5.32 Å². The lowest BCUT2D eigenvalue weighted by molar-refractivity contribution is -0.119. The lowest BCUT2D eigenvalue weighted by Gasteiger charge is -2.25. The van der Waals surface area contributed by atoms with Crippen molar-refractivity contribution in [3.63, 3.8) is 0 Å². The van der Waals surface area contributed by atoms with Crippen molar-refractivity contribution >= 4 is 30.0 Å². The van der Waals surface area contributed by atoms with Gasteiger partial charge in [-0.15, -0.1) is 12.4 Å². The molecule has 3 amide bonds. The van der Waals surface area contributed by atoms with E-state index in [1.807, 2.05) is 20.8 Å². The number of hydrogen-bond donors (Lipinski definition) is 4. The van der Waals surface area contributed by atoms with Gasteiger partial charge in [0.2, 0.25) is 5.91 Å². The summed E-state index contributed by atoms with van der Waals surface area (Å²) >= 11 is 0. The molecular formula is C14H23ClN4O2. The molecule has 6 N–H and O–H groups in total. The molecular weight excluding hydrogens is 292 g/mol. The van der Waals surface area contributed by atoms with E-state index < -0.39 is 12.1 Å². The third-order valence-electron chi connectivity index (χ3n) is 2.90. The molecule has 1 aromatic carbocycles. The molecule has 21 heavy (non-hydrogen) atoms. The predicted molar refractivity (Wildman–Crippen MR) is 86.2 cm³/mol. The number of nitrogens with two attached hydrogens (primary N) is 2. The van der Waals surface area contributed by atoms with Crippen LogP contribution >= 0.6 is 12.4 Å². The maximum Gasteiger partial charge on any atom is 0.312 e. The molecule has 1 atom stereocenters. The van der Waals surface area contributed by atoms with E-state index in [1.54, 1.807) is 24.3 Å². The van der Waals surface area contributed by atoms with Crippen LogP contribution in [0, 0.1) is 5.41 Å². The molecule has 0 radical (unpaired) electrons. The predicted octanol–water partition coefficient (Wildman–Crippen LogP) is 1.59. The molecule has 7 heteroatoms. The second kappa shape index (κ2) is 7.85. The Kier molecular flexibility index (Phi) is 7.18. The third-order valence-corrected chi connectivity index (χ3v) is 2.90. The summed E-state index contributed by atoms with van der Waals surface area (Å²) in [7, 11) is 0. The molecule has 0 heterocycles. The fraction of sp³-hybridized carbons (Fsp3) is 0.429. The molecule has 0 aliphatic carbocycles. The van der Waals surface area contributed by atoms with Crippen molar-refractivity contribution in [2.24, 2.45) is 16.9 Å². The first kappa shape index (κ1) is 19.2. The highest BCUT2D eigenvalue weighted by atomic mass is 35.5. The first-order valence-corrected chi connectivity index (χ1v) is 6.39. The van der Waals surface area contributed by atoms with E-state index in [-0.39, 0.29) is 23.7 Å². The lowest BCUT2D eigenvalue weighted by atomic mass is 9.87. The number of carbonyl (C=O) groups is 2. The van der Waals surface area contributed by atoms with Gasteiger partial charge in [0.15, 0.2) is 0 Å². The minimum Gasteiger partial charge on any atom is -0.352 e. The average molecular weight is 315 g/mol. The quantitative estimate of drug-likeness (QED) is 0.677. The molecule has 0 spiro atoms. The number of carbonyl (C=O) groups excluding carboxylic acids is 2. The summed E-state index contributed by atoms with van der Waals surface area (Å²) in [4.78, 5) is 22.5. The van der Waals surface area contributed by atoms with Gasteiger partial charge in [0.25, 0.3) is 0 Å². The van der Waals surface area contributed by atoms with E-state index in [1.165, 1.54) is 0 Å². The molecule has 0 saturated heterocycles. The van der Waals surface area contributed by atoms with E-state index in [0.29, 0.717) is 12.2 Å². The van der Waals surface area contributed by atoms with Crippen molar-refractivity contribution in [3.05, 3.63) is 29.8 Å². The van der Waals surface area contributed by atoms with Gasteiger partial charge in [0.05, 0.1) is 6.04 Å². The highest BCUT2D eigenvalue weighted by molar-refractivity contribution is 5.95. The van der Waals surface area contributed by atoms with Gasteiger partial charge in [-0.05, 0) is 23.1 Å². The molecule has 0 aliphatic rings. The monoisotopic (exact) mass is 314 g/mol. The summed E-state index contributed by atoms with van der Waals surface area (Å²) in [5.41, 5.74) is 12.1.